The Morgan fingerprint density at radius 2 is 1.85 bits per heavy atom. The van der Waals surface area contributed by atoms with Crippen molar-refractivity contribution in [2.75, 3.05) is 5.43 Å². The fourth-order valence-electron chi connectivity index (χ4n) is 2.31. The van der Waals surface area contributed by atoms with Crippen molar-refractivity contribution in [1.29, 1.82) is 5.26 Å². The molecule has 0 amide bonds. The number of anilines is 1. The van der Waals surface area contributed by atoms with Crippen LogP contribution in [-0.2, 0) is 0 Å². The lowest BCUT2D eigenvalue weighted by Gasteiger charge is -2.10. The average molecular weight is 260 g/mol. The Labute approximate surface area is 116 Å². The molecular weight excluding hydrogens is 248 g/mol. The van der Waals surface area contributed by atoms with Gasteiger partial charge < -0.3 is 5.43 Å². The highest BCUT2D eigenvalue weighted by molar-refractivity contribution is 6.01. The number of hydrazine groups is 1. The number of pyridine rings is 1. The Morgan fingerprint density at radius 3 is 2.55 bits per heavy atom. The molecule has 4 heteroatoms. The minimum atomic E-state index is 0.435. The summed E-state index contributed by atoms with van der Waals surface area (Å²) in [6, 6.07) is 18.0. The summed E-state index contributed by atoms with van der Waals surface area (Å²) in [5.74, 6) is 5.55. The molecule has 0 saturated heterocycles. The van der Waals surface area contributed by atoms with E-state index in [4.69, 9.17) is 11.1 Å². The molecule has 0 bridgehead atoms. The highest BCUT2D eigenvalue weighted by Gasteiger charge is 2.11. The van der Waals surface area contributed by atoms with E-state index in [0.717, 1.165) is 22.0 Å². The summed E-state index contributed by atoms with van der Waals surface area (Å²) in [4.78, 5) is 4.42. The van der Waals surface area contributed by atoms with Crippen molar-refractivity contribution in [2.24, 2.45) is 5.84 Å². The molecule has 2 aromatic carbocycles. The van der Waals surface area contributed by atoms with Gasteiger partial charge in [0.25, 0.3) is 0 Å². The molecule has 0 aliphatic carbocycles. The molecule has 0 aliphatic heterocycles. The topological polar surface area (TPSA) is 74.7 Å². The second kappa shape index (κ2) is 5.00. The molecule has 3 N–H and O–H groups in total. The van der Waals surface area contributed by atoms with Gasteiger partial charge in [0.1, 0.15) is 6.07 Å². The second-order valence-electron chi connectivity index (χ2n) is 4.37. The standard InChI is InChI=1S/C16H12N4/c17-9-12-10-19-16-13(11-5-2-1-3-6-11)7-4-8-14(16)15(12)20-18/h1-8,10H,18H2,(H,19,20). The summed E-state index contributed by atoms with van der Waals surface area (Å²) >= 11 is 0. The molecule has 0 radical (unpaired) electrons. The molecule has 0 fully saturated rings. The molecule has 3 aromatic rings. The maximum atomic E-state index is 9.11. The van der Waals surface area contributed by atoms with Gasteiger partial charge in [0.15, 0.2) is 0 Å². The second-order valence-corrected chi connectivity index (χ2v) is 4.37. The lowest BCUT2D eigenvalue weighted by atomic mass is 10.0. The number of hydrogen-bond donors (Lipinski definition) is 2. The number of benzene rings is 2. The smallest absolute Gasteiger partial charge is 0.103 e. The van der Waals surface area contributed by atoms with E-state index < -0.39 is 0 Å². The predicted molar refractivity (Wildman–Crippen MR) is 79.7 cm³/mol. The predicted octanol–water partition coefficient (Wildman–Crippen LogP) is 3.06. The normalized spacial score (nSPS) is 10.2. The number of fused-ring (bicyclic) bond motifs is 1. The van der Waals surface area contributed by atoms with Gasteiger partial charge in [0.2, 0.25) is 0 Å². The van der Waals surface area contributed by atoms with Gasteiger partial charge in [-0.2, -0.15) is 5.26 Å². The summed E-state index contributed by atoms with van der Waals surface area (Å²) in [5, 5.41) is 9.95. The first-order chi connectivity index (χ1) is 9.85. The maximum Gasteiger partial charge on any atom is 0.103 e. The molecule has 0 saturated carbocycles. The van der Waals surface area contributed by atoms with Gasteiger partial charge in [-0.25, -0.2) is 0 Å². The van der Waals surface area contributed by atoms with Crippen molar-refractivity contribution >= 4 is 16.6 Å². The first kappa shape index (κ1) is 12.2. The van der Waals surface area contributed by atoms with Crippen molar-refractivity contribution in [3.8, 4) is 17.2 Å². The number of nitrogen functional groups attached to an aromatic ring is 1. The third-order valence-electron chi connectivity index (χ3n) is 3.25. The van der Waals surface area contributed by atoms with Crippen LogP contribution in [0.15, 0.2) is 54.7 Å². The minimum Gasteiger partial charge on any atom is -0.322 e. The fourth-order valence-corrected chi connectivity index (χ4v) is 2.31. The summed E-state index contributed by atoms with van der Waals surface area (Å²) in [6.45, 7) is 0. The molecular formula is C16H12N4. The molecule has 0 aliphatic rings. The summed E-state index contributed by atoms with van der Waals surface area (Å²) in [7, 11) is 0. The van der Waals surface area contributed by atoms with Crippen molar-refractivity contribution in [3.63, 3.8) is 0 Å². The Morgan fingerprint density at radius 1 is 1.05 bits per heavy atom. The summed E-state index contributed by atoms with van der Waals surface area (Å²) in [6.07, 6.45) is 1.55. The van der Waals surface area contributed by atoms with Crippen LogP contribution >= 0.6 is 0 Å². The highest BCUT2D eigenvalue weighted by Crippen LogP contribution is 2.32. The van der Waals surface area contributed by atoms with Crippen LogP contribution in [0.5, 0.6) is 0 Å². The van der Waals surface area contributed by atoms with Crippen LogP contribution in [0, 0.1) is 11.3 Å². The zero-order chi connectivity index (χ0) is 13.9. The zero-order valence-electron chi connectivity index (χ0n) is 10.7. The van der Waals surface area contributed by atoms with Crippen LogP contribution in [0.3, 0.4) is 0 Å². The van der Waals surface area contributed by atoms with Crippen molar-refractivity contribution in [2.45, 2.75) is 0 Å². The Hall–Kier alpha value is -2.90. The van der Waals surface area contributed by atoms with Gasteiger partial charge in [-0.15, -0.1) is 0 Å². The number of aromatic nitrogens is 1. The molecule has 1 heterocycles. The monoisotopic (exact) mass is 260 g/mol. The molecule has 20 heavy (non-hydrogen) atoms. The lowest BCUT2D eigenvalue weighted by molar-refractivity contribution is 1.31. The number of hydrogen-bond acceptors (Lipinski definition) is 4. The van der Waals surface area contributed by atoms with E-state index >= 15 is 0 Å². The molecule has 4 nitrogen and oxygen atoms in total. The van der Waals surface area contributed by atoms with Gasteiger partial charge in [-0.3, -0.25) is 10.8 Å². The van der Waals surface area contributed by atoms with Crippen LogP contribution in [0.4, 0.5) is 5.69 Å². The minimum absolute atomic E-state index is 0.435. The van der Waals surface area contributed by atoms with Gasteiger partial charge in [-0.1, -0.05) is 48.5 Å². The Kier molecular flexibility index (Phi) is 3.04. The Balaban J connectivity index is 2.35. The third-order valence-corrected chi connectivity index (χ3v) is 3.25. The van der Waals surface area contributed by atoms with E-state index in [-0.39, 0.29) is 0 Å². The van der Waals surface area contributed by atoms with Crippen LogP contribution in [0.1, 0.15) is 5.56 Å². The van der Waals surface area contributed by atoms with Crippen LogP contribution in [0.2, 0.25) is 0 Å². The maximum absolute atomic E-state index is 9.11. The average Bonchev–Trinajstić information content (AvgIpc) is 2.53. The molecule has 0 spiro atoms. The zero-order valence-corrected chi connectivity index (χ0v) is 10.7. The van der Waals surface area contributed by atoms with Crippen LogP contribution in [0.25, 0.3) is 22.0 Å². The number of nitriles is 1. The van der Waals surface area contributed by atoms with Crippen molar-refractivity contribution in [3.05, 3.63) is 60.3 Å². The summed E-state index contributed by atoms with van der Waals surface area (Å²) < 4.78 is 0. The van der Waals surface area contributed by atoms with E-state index in [9.17, 15) is 0 Å². The van der Waals surface area contributed by atoms with Crippen molar-refractivity contribution in [1.82, 2.24) is 4.98 Å². The van der Waals surface area contributed by atoms with E-state index in [0.29, 0.717) is 11.3 Å². The first-order valence-corrected chi connectivity index (χ1v) is 6.19. The summed E-state index contributed by atoms with van der Waals surface area (Å²) in [5.41, 5.74) is 6.57. The fraction of sp³-hybridized carbons (Fsp3) is 0. The largest absolute Gasteiger partial charge is 0.322 e. The number of rotatable bonds is 2. The molecule has 1 aromatic heterocycles. The van der Waals surface area contributed by atoms with Gasteiger partial charge in [0.05, 0.1) is 16.8 Å². The quantitative estimate of drug-likeness (QED) is 0.548. The number of nitrogens with one attached hydrogen (secondary N) is 1. The highest BCUT2D eigenvalue weighted by atomic mass is 15.2. The molecule has 0 atom stereocenters. The van der Waals surface area contributed by atoms with E-state index in [1.54, 1.807) is 6.20 Å². The molecule has 3 rings (SSSR count). The number of nitrogens with zero attached hydrogens (tertiary/aromatic N) is 2. The third kappa shape index (κ3) is 1.87. The first-order valence-electron chi connectivity index (χ1n) is 6.19. The SMILES string of the molecule is N#Cc1cnc2c(-c3ccccc3)cccc2c1NN. The van der Waals surface area contributed by atoms with Gasteiger partial charge >= 0.3 is 0 Å². The number of nitrogens with two attached hydrogens (primary N) is 1. The van der Waals surface area contributed by atoms with Crippen LogP contribution < -0.4 is 11.3 Å². The van der Waals surface area contributed by atoms with E-state index in [1.165, 1.54) is 0 Å². The molecule has 96 valence electrons. The van der Waals surface area contributed by atoms with Gasteiger partial charge in [-0.05, 0) is 5.56 Å². The number of para-hydroxylation sites is 1. The lowest BCUT2D eigenvalue weighted by Crippen LogP contribution is -2.09. The Bertz CT molecular complexity index is 804. The van der Waals surface area contributed by atoms with Gasteiger partial charge in [0, 0.05) is 17.1 Å². The van der Waals surface area contributed by atoms with E-state index in [2.05, 4.69) is 16.5 Å². The molecule has 0 unspecified atom stereocenters. The van der Waals surface area contributed by atoms with Crippen LogP contribution in [-0.4, -0.2) is 4.98 Å². The van der Waals surface area contributed by atoms with Crippen molar-refractivity contribution < 1.29 is 0 Å². The van der Waals surface area contributed by atoms with E-state index in [1.807, 2.05) is 48.5 Å².